The molecule has 1 N–H and O–H groups in total. The fourth-order valence-electron chi connectivity index (χ4n) is 2.67. The van der Waals surface area contributed by atoms with Gasteiger partial charge in [-0.15, -0.1) is 0 Å². The SMILES string of the molecule is CCNC(CC1CCSCC1)c1cccc(F)c1F. The van der Waals surface area contributed by atoms with Gasteiger partial charge in [0.15, 0.2) is 11.6 Å². The lowest BCUT2D eigenvalue weighted by atomic mass is 9.90. The van der Waals surface area contributed by atoms with Crippen molar-refractivity contribution in [1.29, 1.82) is 0 Å². The molecule has 0 aliphatic carbocycles. The van der Waals surface area contributed by atoms with Gasteiger partial charge in [0.05, 0.1) is 0 Å². The van der Waals surface area contributed by atoms with Crippen molar-refractivity contribution in [2.75, 3.05) is 18.1 Å². The first-order valence-electron chi connectivity index (χ1n) is 6.97. The van der Waals surface area contributed by atoms with Crippen LogP contribution in [0.2, 0.25) is 0 Å². The third-order valence-electron chi connectivity index (χ3n) is 3.72. The first kappa shape index (κ1) is 14.8. The lowest BCUT2D eigenvalue weighted by molar-refractivity contribution is 0.362. The molecule has 0 aromatic heterocycles. The van der Waals surface area contributed by atoms with Crippen LogP contribution in [0.1, 0.15) is 37.8 Å². The van der Waals surface area contributed by atoms with Crippen molar-refractivity contribution in [1.82, 2.24) is 5.32 Å². The Morgan fingerprint density at radius 2 is 2.05 bits per heavy atom. The molecule has 1 fully saturated rings. The fourth-order valence-corrected chi connectivity index (χ4v) is 3.88. The third kappa shape index (κ3) is 3.93. The standard InChI is InChI=1S/C15H21F2NS/c1-2-18-14(10-11-6-8-19-9-7-11)12-4-3-5-13(16)15(12)17/h3-5,11,14,18H,2,6-10H2,1H3. The summed E-state index contributed by atoms with van der Waals surface area (Å²) >= 11 is 1.99. The summed E-state index contributed by atoms with van der Waals surface area (Å²) in [5.74, 6) is 1.55. The van der Waals surface area contributed by atoms with Crippen LogP contribution in [0.4, 0.5) is 8.78 Å². The van der Waals surface area contributed by atoms with Crippen LogP contribution in [0.3, 0.4) is 0 Å². The van der Waals surface area contributed by atoms with E-state index in [0.717, 1.165) is 13.0 Å². The average molecular weight is 285 g/mol. The lowest BCUT2D eigenvalue weighted by Gasteiger charge is -2.27. The normalized spacial score (nSPS) is 18.5. The van der Waals surface area contributed by atoms with Crippen molar-refractivity contribution in [3.8, 4) is 0 Å². The van der Waals surface area contributed by atoms with E-state index in [2.05, 4.69) is 5.32 Å². The highest BCUT2D eigenvalue weighted by atomic mass is 32.2. The molecular formula is C15H21F2NS. The summed E-state index contributed by atoms with van der Waals surface area (Å²) in [5.41, 5.74) is 0.472. The molecule has 1 aliphatic rings. The van der Waals surface area contributed by atoms with Gasteiger partial charge in [-0.25, -0.2) is 8.78 Å². The summed E-state index contributed by atoms with van der Waals surface area (Å²) in [6.07, 6.45) is 3.27. The minimum Gasteiger partial charge on any atom is -0.310 e. The van der Waals surface area contributed by atoms with Crippen molar-refractivity contribution < 1.29 is 8.78 Å². The first-order valence-corrected chi connectivity index (χ1v) is 8.13. The van der Waals surface area contributed by atoms with Gasteiger partial charge in [0.1, 0.15) is 0 Å². The van der Waals surface area contributed by atoms with E-state index in [1.54, 1.807) is 12.1 Å². The quantitative estimate of drug-likeness (QED) is 0.872. The third-order valence-corrected chi connectivity index (χ3v) is 4.77. The number of thioether (sulfide) groups is 1. The average Bonchev–Trinajstić information content (AvgIpc) is 2.43. The van der Waals surface area contributed by atoms with Gasteiger partial charge < -0.3 is 5.32 Å². The van der Waals surface area contributed by atoms with Gasteiger partial charge in [-0.1, -0.05) is 19.1 Å². The molecule has 1 unspecified atom stereocenters. The zero-order valence-electron chi connectivity index (χ0n) is 11.3. The molecule has 0 radical (unpaired) electrons. The second kappa shape index (κ2) is 7.25. The molecule has 1 aromatic carbocycles. The van der Waals surface area contributed by atoms with Gasteiger partial charge >= 0.3 is 0 Å². The van der Waals surface area contributed by atoms with Crippen LogP contribution >= 0.6 is 11.8 Å². The number of hydrogen-bond acceptors (Lipinski definition) is 2. The highest BCUT2D eigenvalue weighted by Crippen LogP contribution is 2.32. The van der Waals surface area contributed by atoms with E-state index in [1.165, 1.54) is 30.4 Å². The summed E-state index contributed by atoms with van der Waals surface area (Å²) in [6.45, 7) is 2.77. The molecule has 0 bridgehead atoms. The molecule has 106 valence electrons. The lowest BCUT2D eigenvalue weighted by Crippen LogP contribution is -2.26. The molecule has 0 saturated carbocycles. The summed E-state index contributed by atoms with van der Waals surface area (Å²) in [6, 6.07) is 4.39. The Labute approximate surface area is 118 Å². The minimum absolute atomic E-state index is 0.0752. The van der Waals surface area contributed by atoms with Gasteiger partial charge in [0.2, 0.25) is 0 Å². The molecule has 19 heavy (non-hydrogen) atoms. The van der Waals surface area contributed by atoms with E-state index in [-0.39, 0.29) is 6.04 Å². The Morgan fingerprint density at radius 1 is 1.32 bits per heavy atom. The summed E-state index contributed by atoms with van der Waals surface area (Å²) in [7, 11) is 0. The maximum Gasteiger partial charge on any atom is 0.163 e. The predicted octanol–water partition coefficient (Wildman–Crippen LogP) is 4.15. The highest BCUT2D eigenvalue weighted by molar-refractivity contribution is 7.99. The number of benzene rings is 1. The number of hydrogen-bond donors (Lipinski definition) is 1. The van der Waals surface area contributed by atoms with Crippen LogP contribution in [0.25, 0.3) is 0 Å². The van der Waals surface area contributed by atoms with E-state index in [9.17, 15) is 8.78 Å². The van der Waals surface area contributed by atoms with Crippen LogP contribution in [-0.2, 0) is 0 Å². The zero-order chi connectivity index (χ0) is 13.7. The second-order valence-electron chi connectivity index (χ2n) is 5.04. The predicted molar refractivity (Wildman–Crippen MR) is 77.4 cm³/mol. The number of halogens is 2. The zero-order valence-corrected chi connectivity index (χ0v) is 12.1. The Bertz CT molecular complexity index is 405. The van der Waals surface area contributed by atoms with Crippen molar-refractivity contribution >= 4 is 11.8 Å². The largest absolute Gasteiger partial charge is 0.310 e. The van der Waals surface area contributed by atoms with E-state index >= 15 is 0 Å². The number of rotatable bonds is 5. The molecule has 1 atom stereocenters. The Balaban J connectivity index is 2.11. The molecule has 1 heterocycles. The van der Waals surface area contributed by atoms with E-state index in [0.29, 0.717) is 11.5 Å². The molecule has 1 nitrogen and oxygen atoms in total. The highest BCUT2D eigenvalue weighted by Gasteiger charge is 2.23. The molecular weight excluding hydrogens is 264 g/mol. The van der Waals surface area contributed by atoms with Crippen LogP contribution < -0.4 is 5.32 Å². The van der Waals surface area contributed by atoms with Gasteiger partial charge in [0, 0.05) is 11.6 Å². The maximum absolute atomic E-state index is 13.9. The number of nitrogens with one attached hydrogen (secondary N) is 1. The Kier molecular flexibility index (Phi) is 5.64. The van der Waals surface area contributed by atoms with Crippen LogP contribution in [0.15, 0.2) is 18.2 Å². The van der Waals surface area contributed by atoms with Gasteiger partial charge in [-0.05, 0) is 49.3 Å². The van der Waals surface area contributed by atoms with Crippen molar-refractivity contribution in [3.05, 3.63) is 35.4 Å². The summed E-state index contributed by atoms with van der Waals surface area (Å²) in [4.78, 5) is 0. The molecule has 4 heteroatoms. The van der Waals surface area contributed by atoms with Gasteiger partial charge in [-0.3, -0.25) is 0 Å². The fraction of sp³-hybridized carbons (Fsp3) is 0.600. The molecule has 1 aromatic rings. The van der Waals surface area contributed by atoms with Crippen molar-refractivity contribution in [3.63, 3.8) is 0 Å². The van der Waals surface area contributed by atoms with Crippen LogP contribution in [-0.4, -0.2) is 18.1 Å². The van der Waals surface area contributed by atoms with E-state index in [4.69, 9.17) is 0 Å². The van der Waals surface area contributed by atoms with Gasteiger partial charge in [0.25, 0.3) is 0 Å². The summed E-state index contributed by atoms with van der Waals surface area (Å²) in [5, 5.41) is 3.30. The smallest absolute Gasteiger partial charge is 0.163 e. The first-order chi connectivity index (χ1) is 9.22. The second-order valence-corrected chi connectivity index (χ2v) is 6.27. The van der Waals surface area contributed by atoms with Crippen LogP contribution in [0.5, 0.6) is 0 Å². The van der Waals surface area contributed by atoms with Crippen LogP contribution in [0, 0.1) is 17.6 Å². The molecule has 1 saturated heterocycles. The minimum atomic E-state index is -0.750. The van der Waals surface area contributed by atoms with E-state index < -0.39 is 11.6 Å². The Hall–Kier alpha value is -0.610. The monoisotopic (exact) mass is 285 g/mol. The topological polar surface area (TPSA) is 12.0 Å². The molecule has 0 spiro atoms. The van der Waals surface area contributed by atoms with Crippen molar-refractivity contribution in [2.24, 2.45) is 5.92 Å². The maximum atomic E-state index is 13.9. The Morgan fingerprint density at radius 3 is 2.74 bits per heavy atom. The molecule has 1 aliphatic heterocycles. The van der Waals surface area contributed by atoms with Gasteiger partial charge in [-0.2, -0.15) is 11.8 Å². The van der Waals surface area contributed by atoms with E-state index in [1.807, 2.05) is 18.7 Å². The molecule has 0 amide bonds. The summed E-state index contributed by atoms with van der Waals surface area (Å²) < 4.78 is 27.3. The molecule has 2 rings (SSSR count). The van der Waals surface area contributed by atoms with Crippen molar-refractivity contribution in [2.45, 2.75) is 32.2 Å².